The molecular weight excluding hydrogens is 796 g/mol. The van der Waals surface area contributed by atoms with Crippen molar-refractivity contribution in [1.82, 2.24) is 0 Å². The molecule has 16 heteroatoms. The summed E-state index contributed by atoms with van der Waals surface area (Å²) >= 11 is 0. The fourth-order valence-electron chi connectivity index (χ4n) is 14.2. The second-order valence-electron chi connectivity index (χ2n) is 21.2. The average molecular weight is 867 g/mol. The zero-order chi connectivity index (χ0) is 44.2. The number of aliphatic carboxylic acids is 1. The fourth-order valence-corrected chi connectivity index (χ4v) is 14.2. The number of carboxylic acids is 1. The fraction of sp³-hybridized carbons (Fsp3) is 0.889. The van der Waals surface area contributed by atoms with E-state index < -0.39 is 109 Å². The van der Waals surface area contributed by atoms with Gasteiger partial charge in [-0.05, 0) is 97.7 Å². The van der Waals surface area contributed by atoms with Crippen LogP contribution in [0, 0.1) is 44.8 Å². The van der Waals surface area contributed by atoms with Gasteiger partial charge >= 0.3 is 5.97 Å². The highest BCUT2D eigenvalue weighted by Crippen LogP contribution is 2.75. The highest BCUT2D eigenvalue weighted by Gasteiger charge is 2.69. The van der Waals surface area contributed by atoms with E-state index >= 15 is 0 Å². The van der Waals surface area contributed by atoms with Gasteiger partial charge in [0.1, 0.15) is 61.0 Å². The maximum absolute atomic E-state index is 13.0. The van der Waals surface area contributed by atoms with E-state index in [9.17, 15) is 50.8 Å². The van der Waals surface area contributed by atoms with Crippen molar-refractivity contribution in [2.45, 2.75) is 185 Å². The average Bonchev–Trinajstić information content (AvgIpc) is 3.21. The number of aliphatic hydroxyl groups excluding tert-OH is 8. The Bertz CT molecular complexity index is 1690. The van der Waals surface area contributed by atoms with E-state index in [2.05, 4.69) is 47.3 Å². The van der Waals surface area contributed by atoms with Crippen molar-refractivity contribution in [2.75, 3.05) is 19.8 Å². The molecule has 3 heterocycles. The summed E-state index contributed by atoms with van der Waals surface area (Å²) in [5.74, 6) is -0.177. The molecule has 0 aromatic carbocycles. The van der Waals surface area contributed by atoms with Gasteiger partial charge in [0.05, 0.1) is 31.3 Å². The Morgan fingerprint density at radius 3 is 2.13 bits per heavy atom. The molecule has 0 unspecified atom stereocenters. The maximum atomic E-state index is 13.0. The first-order chi connectivity index (χ1) is 28.6. The number of carbonyl (C=O) groups is 1. The number of hydrogen-bond acceptors (Lipinski definition) is 15. The van der Waals surface area contributed by atoms with Crippen molar-refractivity contribution in [3.63, 3.8) is 0 Å². The molecular formula is C45H70O16. The molecule has 0 bridgehead atoms. The van der Waals surface area contributed by atoms with Crippen molar-refractivity contribution in [2.24, 2.45) is 44.8 Å². The summed E-state index contributed by atoms with van der Waals surface area (Å²) in [4.78, 5) is 13.0. The number of fused-ring (bicyclic) bond motifs is 7. The number of aliphatic hydroxyl groups is 8. The summed E-state index contributed by atoms with van der Waals surface area (Å²) in [7, 11) is 0. The maximum Gasteiger partial charge on any atom is 0.310 e. The van der Waals surface area contributed by atoms with Gasteiger partial charge in [0.15, 0.2) is 18.9 Å². The molecule has 0 radical (unpaired) electrons. The smallest absolute Gasteiger partial charge is 0.310 e. The largest absolute Gasteiger partial charge is 0.481 e. The molecule has 0 aromatic heterocycles. The summed E-state index contributed by atoms with van der Waals surface area (Å²) in [6.07, 6.45) is -9.95. The lowest BCUT2D eigenvalue weighted by molar-refractivity contribution is -0.384. The number of rotatable bonds is 8. The molecule has 3 aliphatic heterocycles. The predicted octanol–water partition coefficient (Wildman–Crippen LogP) is 1.51. The monoisotopic (exact) mass is 866 g/mol. The zero-order valence-electron chi connectivity index (χ0n) is 36.2. The lowest BCUT2D eigenvalue weighted by Crippen LogP contribution is -2.66. The lowest BCUT2D eigenvalue weighted by Gasteiger charge is -2.71. The summed E-state index contributed by atoms with van der Waals surface area (Å²) in [5.41, 5.74) is 0.990. The quantitative estimate of drug-likeness (QED) is 0.124. The minimum atomic E-state index is -1.79. The molecule has 3 saturated heterocycles. The van der Waals surface area contributed by atoms with Crippen molar-refractivity contribution in [3.05, 3.63) is 23.8 Å². The third-order valence-corrected chi connectivity index (χ3v) is 18.0. The molecule has 0 aromatic rings. The van der Waals surface area contributed by atoms with Crippen LogP contribution in [0.2, 0.25) is 0 Å². The van der Waals surface area contributed by atoms with Crippen LogP contribution in [0.25, 0.3) is 0 Å². The Hall–Kier alpha value is -1.61. The van der Waals surface area contributed by atoms with Crippen LogP contribution in [0.5, 0.6) is 0 Å². The summed E-state index contributed by atoms with van der Waals surface area (Å²) in [6.45, 7) is 14.7. The Kier molecular flexibility index (Phi) is 12.3. The minimum absolute atomic E-state index is 0.0416. The minimum Gasteiger partial charge on any atom is -0.481 e. The third-order valence-electron chi connectivity index (χ3n) is 18.0. The Morgan fingerprint density at radius 2 is 1.43 bits per heavy atom. The van der Waals surface area contributed by atoms with Crippen LogP contribution in [0.1, 0.15) is 98.8 Å². The van der Waals surface area contributed by atoms with Crippen molar-refractivity contribution < 1.29 is 79.2 Å². The number of carboxylic acid groups (broad SMARTS) is 1. The van der Waals surface area contributed by atoms with Gasteiger partial charge in [0, 0.05) is 5.92 Å². The number of ether oxygens (including phenoxy) is 6. The van der Waals surface area contributed by atoms with Gasteiger partial charge < -0.3 is 74.4 Å². The molecule has 0 spiro atoms. The van der Waals surface area contributed by atoms with E-state index in [0.717, 1.165) is 50.5 Å². The van der Waals surface area contributed by atoms with Gasteiger partial charge in [-0.15, -0.1) is 0 Å². The highest BCUT2D eigenvalue weighted by molar-refractivity contribution is 5.77. The zero-order valence-corrected chi connectivity index (χ0v) is 36.2. The standard InChI is InChI=1S/C45H70O16/c1-21-9-14-45(40(54)55)16-15-43(5)22(23(45)17-21)7-8-28-42(4)12-11-29(41(2,3)27(42)10-13-44(28,43)6)59-39-36(61-37-33(52)30(49)24(47)19-56-37)35(25(48)20-57-39)60-38-34(53)32(51)31(50)26(18-46)58-38/h7,23-39,46-53H,1,8-20H2,2-6H3,(H,54,55)/t23-,24+,25-,26+,27-,28+,29-,30-,31+,32-,33+,34+,35-,36+,37-,38-,39-,42-,43+,44+,45-/m0/s1. The van der Waals surface area contributed by atoms with Crippen LogP contribution in [0.15, 0.2) is 23.8 Å². The van der Waals surface area contributed by atoms with Crippen LogP contribution in [-0.2, 0) is 33.2 Å². The summed E-state index contributed by atoms with van der Waals surface area (Å²) < 4.78 is 36.7. The second kappa shape index (κ2) is 16.4. The molecule has 16 nitrogen and oxygen atoms in total. The van der Waals surface area contributed by atoms with E-state index in [-0.39, 0.29) is 41.3 Å². The van der Waals surface area contributed by atoms with E-state index in [4.69, 9.17) is 28.4 Å². The van der Waals surface area contributed by atoms with Gasteiger partial charge in [0.25, 0.3) is 0 Å². The molecule has 21 atom stereocenters. The molecule has 9 N–H and O–H groups in total. The first kappa shape index (κ1) is 45.9. The first-order valence-electron chi connectivity index (χ1n) is 22.5. The summed E-state index contributed by atoms with van der Waals surface area (Å²) in [6, 6.07) is 0. The van der Waals surface area contributed by atoms with Crippen molar-refractivity contribution in [3.8, 4) is 0 Å². The molecule has 8 rings (SSSR count). The van der Waals surface area contributed by atoms with Crippen LogP contribution in [-0.4, -0.2) is 158 Å². The van der Waals surface area contributed by atoms with E-state index in [0.29, 0.717) is 25.2 Å². The van der Waals surface area contributed by atoms with E-state index in [1.807, 2.05) is 0 Å². The molecule has 0 amide bonds. The normalized spacial score (nSPS) is 53.4. The van der Waals surface area contributed by atoms with Crippen LogP contribution < -0.4 is 0 Å². The molecule has 7 fully saturated rings. The Morgan fingerprint density at radius 1 is 0.754 bits per heavy atom. The SMILES string of the molecule is C=C1CC[C@]2(C(=O)O)CC[C@]3(C)C(=CC[C@@H]4[C@@]5(C)CC[C@H](O[C@@H]6OC[C@H](O)[C@H](O[C@@H]7O[C@H](CO)[C@@H](O)[C@H](O)[C@H]7O)[C@H]6O[C@@H]6OC[C@@H](O)[C@H](O)[C@H]6O)C(C)(C)[C@@H]5CC[C@]43C)[C@@H]2C1. The van der Waals surface area contributed by atoms with Crippen LogP contribution >= 0.6 is 0 Å². The van der Waals surface area contributed by atoms with Crippen molar-refractivity contribution in [1.29, 1.82) is 0 Å². The van der Waals surface area contributed by atoms with E-state index in [1.165, 1.54) is 5.57 Å². The predicted molar refractivity (Wildman–Crippen MR) is 214 cm³/mol. The number of allylic oxidation sites excluding steroid dienone is 3. The van der Waals surface area contributed by atoms with Gasteiger partial charge in [-0.25, -0.2) is 0 Å². The van der Waals surface area contributed by atoms with Gasteiger partial charge in [-0.1, -0.05) is 58.4 Å². The Balaban J connectivity index is 1.06. The molecule has 61 heavy (non-hydrogen) atoms. The van der Waals surface area contributed by atoms with Crippen LogP contribution in [0.4, 0.5) is 0 Å². The van der Waals surface area contributed by atoms with Crippen LogP contribution in [0.3, 0.4) is 0 Å². The molecule has 5 aliphatic carbocycles. The lowest BCUT2D eigenvalue weighted by atomic mass is 9.34. The topological polar surface area (TPSA) is 255 Å². The molecule has 8 aliphatic rings. The summed E-state index contributed by atoms with van der Waals surface area (Å²) in [5, 5.41) is 95.2. The molecule has 4 saturated carbocycles. The Labute approximate surface area is 357 Å². The highest BCUT2D eigenvalue weighted by atomic mass is 16.8. The second-order valence-corrected chi connectivity index (χ2v) is 21.2. The number of hydrogen-bond donors (Lipinski definition) is 9. The first-order valence-corrected chi connectivity index (χ1v) is 22.5. The van der Waals surface area contributed by atoms with E-state index in [1.54, 1.807) is 0 Å². The molecule has 346 valence electrons. The van der Waals surface area contributed by atoms with Gasteiger partial charge in [-0.2, -0.15) is 0 Å². The van der Waals surface area contributed by atoms with Gasteiger partial charge in [-0.3, -0.25) is 4.79 Å². The third kappa shape index (κ3) is 7.13. The van der Waals surface area contributed by atoms with Gasteiger partial charge in [0.2, 0.25) is 0 Å². The van der Waals surface area contributed by atoms with Crippen molar-refractivity contribution >= 4 is 5.97 Å².